The molecule has 5 heteroatoms. The van der Waals surface area contributed by atoms with E-state index in [2.05, 4.69) is 36.1 Å². The molecule has 0 fully saturated rings. The fourth-order valence-corrected chi connectivity index (χ4v) is 2.47. The zero-order chi connectivity index (χ0) is 12.7. The van der Waals surface area contributed by atoms with Crippen molar-refractivity contribution < 1.29 is 4.74 Å². The third-order valence-electron chi connectivity index (χ3n) is 2.66. The van der Waals surface area contributed by atoms with Crippen molar-refractivity contribution in [2.45, 2.75) is 26.4 Å². The number of ether oxygens (including phenoxy) is 1. The zero-order valence-electron chi connectivity index (χ0n) is 11.2. The second-order valence-corrected chi connectivity index (χ2v) is 5.35. The van der Waals surface area contributed by atoms with E-state index >= 15 is 0 Å². The van der Waals surface area contributed by atoms with Crippen LogP contribution in [0.1, 0.15) is 17.5 Å². The number of hydrogen-bond donors (Lipinski definition) is 1. The third-order valence-corrected chi connectivity index (χ3v) is 3.58. The average molecular weight is 257 g/mol. The van der Waals surface area contributed by atoms with Gasteiger partial charge >= 0.3 is 0 Å². The van der Waals surface area contributed by atoms with Crippen molar-refractivity contribution in [3.8, 4) is 0 Å². The normalized spacial score (nSPS) is 13.2. The molecule has 0 radical (unpaired) electrons. The van der Waals surface area contributed by atoms with Gasteiger partial charge in [0.1, 0.15) is 0 Å². The van der Waals surface area contributed by atoms with Crippen LogP contribution in [-0.4, -0.2) is 49.8 Å². The quantitative estimate of drug-likeness (QED) is 0.766. The van der Waals surface area contributed by atoms with Crippen molar-refractivity contribution in [3.05, 3.63) is 16.1 Å². The van der Waals surface area contributed by atoms with Crippen LogP contribution in [-0.2, 0) is 11.3 Å². The summed E-state index contributed by atoms with van der Waals surface area (Å²) in [5.74, 6) is 0. The van der Waals surface area contributed by atoms with E-state index in [9.17, 15) is 0 Å². The standard InChI is InChI=1S/C12H23N3OS/c1-10(8-16-4)13-5-6-15(3)7-12-11(2)14-9-17-12/h9-10,13H,5-8H2,1-4H3. The number of nitrogens with zero attached hydrogens (tertiary/aromatic N) is 2. The Morgan fingerprint density at radius 3 is 2.94 bits per heavy atom. The van der Waals surface area contributed by atoms with Crippen LogP contribution in [0.15, 0.2) is 5.51 Å². The lowest BCUT2D eigenvalue weighted by Crippen LogP contribution is -2.36. The fourth-order valence-electron chi connectivity index (χ4n) is 1.61. The molecule has 17 heavy (non-hydrogen) atoms. The molecule has 0 bridgehead atoms. The largest absolute Gasteiger partial charge is 0.383 e. The van der Waals surface area contributed by atoms with Gasteiger partial charge in [0.25, 0.3) is 0 Å². The lowest BCUT2D eigenvalue weighted by atomic mass is 10.3. The van der Waals surface area contributed by atoms with Gasteiger partial charge in [-0.25, -0.2) is 4.98 Å². The Kier molecular flexibility index (Phi) is 6.65. The van der Waals surface area contributed by atoms with Gasteiger partial charge in [-0.15, -0.1) is 11.3 Å². The monoisotopic (exact) mass is 257 g/mol. The van der Waals surface area contributed by atoms with Crippen molar-refractivity contribution in [3.63, 3.8) is 0 Å². The van der Waals surface area contributed by atoms with Gasteiger partial charge < -0.3 is 10.1 Å². The summed E-state index contributed by atoms with van der Waals surface area (Å²) in [6.07, 6.45) is 0. The molecule has 4 nitrogen and oxygen atoms in total. The summed E-state index contributed by atoms with van der Waals surface area (Å²) < 4.78 is 5.08. The molecule has 0 saturated heterocycles. The summed E-state index contributed by atoms with van der Waals surface area (Å²) in [5.41, 5.74) is 3.07. The molecule has 0 aliphatic carbocycles. The number of aromatic nitrogens is 1. The van der Waals surface area contributed by atoms with Crippen molar-refractivity contribution in [1.82, 2.24) is 15.2 Å². The Morgan fingerprint density at radius 1 is 1.59 bits per heavy atom. The van der Waals surface area contributed by atoms with E-state index in [0.717, 1.165) is 31.9 Å². The summed E-state index contributed by atoms with van der Waals surface area (Å²) in [6.45, 7) is 7.97. The van der Waals surface area contributed by atoms with Gasteiger partial charge in [-0.3, -0.25) is 4.90 Å². The van der Waals surface area contributed by atoms with Gasteiger partial charge in [0, 0.05) is 37.7 Å². The first-order valence-electron chi connectivity index (χ1n) is 5.93. The van der Waals surface area contributed by atoms with Gasteiger partial charge in [-0.2, -0.15) is 0 Å². The fraction of sp³-hybridized carbons (Fsp3) is 0.750. The van der Waals surface area contributed by atoms with Crippen LogP contribution in [0.25, 0.3) is 0 Å². The predicted octanol–water partition coefficient (Wildman–Crippen LogP) is 1.51. The maximum absolute atomic E-state index is 5.08. The molecule has 1 N–H and O–H groups in total. The lowest BCUT2D eigenvalue weighted by Gasteiger charge is -2.18. The molecule has 1 rings (SSSR count). The SMILES string of the molecule is COCC(C)NCCN(C)Cc1scnc1C. The minimum atomic E-state index is 0.415. The number of nitrogens with one attached hydrogen (secondary N) is 1. The molecule has 1 heterocycles. The van der Waals surface area contributed by atoms with Crippen LogP contribution in [0, 0.1) is 6.92 Å². The second kappa shape index (κ2) is 7.76. The number of thiazole rings is 1. The molecule has 0 saturated carbocycles. The predicted molar refractivity (Wildman–Crippen MR) is 72.5 cm³/mol. The molecular weight excluding hydrogens is 234 g/mol. The number of methoxy groups -OCH3 is 1. The van der Waals surface area contributed by atoms with Crippen molar-refractivity contribution in [2.24, 2.45) is 0 Å². The van der Waals surface area contributed by atoms with Crippen LogP contribution in [0.3, 0.4) is 0 Å². The van der Waals surface area contributed by atoms with E-state index in [1.54, 1.807) is 18.4 Å². The van der Waals surface area contributed by atoms with E-state index in [-0.39, 0.29) is 0 Å². The second-order valence-electron chi connectivity index (χ2n) is 4.41. The Labute approximate surface area is 108 Å². The molecule has 98 valence electrons. The van der Waals surface area contributed by atoms with Crippen LogP contribution in [0.5, 0.6) is 0 Å². The molecule has 0 amide bonds. The van der Waals surface area contributed by atoms with Crippen LogP contribution < -0.4 is 5.32 Å². The minimum Gasteiger partial charge on any atom is -0.383 e. The Morgan fingerprint density at radius 2 is 2.35 bits per heavy atom. The van der Waals surface area contributed by atoms with Crippen molar-refractivity contribution in [1.29, 1.82) is 0 Å². The van der Waals surface area contributed by atoms with Crippen molar-refractivity contribution >= 4 is 11.3 Å². The first kappa shape index (κ1) is 14.6. The lowest BCUT2D eigenvalue weighted by molar-refractivity contribution is 0.170. The minimum absolute atomic E-state index is 0.415. The van der Waals surface area contributed by atoms with Gasteiger partial charge in [0.2, 0.25) is 0 Å². The molecule has 1 unspecified atom stereocenters. The Bertz CT molecular complexity index is 316. The molecule has 0 spiro atoms. The first-order chi connectivity index (χ1) is 8.13. The highest BCUT2D eigenvalue weighted by molar-refractivity contribution is 7.09. The summed E-state index contributed by atoms with van der Waals surface area (Å²) in [4.78, 5) is 7.93. The highest BCUT2D eigenvalue weighted by atomic mass is 32.1. The number of likely N-dealkylation sites (N-methyl/N-ethyl adjacent to an activating group) is 1. The molecule has 0 aromatic carbocycles. The molecule has 1 atom stereocenters. The van der Waals surface area contributed by atoms with Crippen LogP contribution in [0.2, 0.25) is 0 Å². The van der Waals surface area contributed by atoms with Crippen LogP contribution in [0.4, 0.5) is 0 Å². The number of hydrogen-bond acceptors (Lipinski definition) is 5. The van der Waals surface area contributed by atoms with Crippen LogP contribution >= 0.6 is 11.3 Å². The van der Waals surface area contributed by atoms with Gasteiger partial charge in [0.05, 0.1) is 17.8 Å². The van der Waals surface area contributed by atoms with E-state index in [1.165, 1.54) is 4.88 Å². The van der Waals surface area contributed by atoms with E-state index in [1.807, 2.05) is 5.51 Å². The van der Waals surface area contributed by atoms with E-state index in [4.69, 9.17) is 4.74 Å². The summed E-state index contributed by atoms with van der Waals surface area (Å²) in [7, 11) is 3.87. The summed E-state index contributed by atoms with van der Waals surface area (Å²) >= 11 is 1.73. The highest BCUT2D eigenvalue weighted by Gasteiger charge is 2.06. The molecule has 1 aromatic heterocycles. The Hall–Kier alpha value is -0.490. The molecule has 1 aromatic rings. The highest BCUT2D eigenvalue weighted by Crippen LogP contribution is 2.13. The van der Waals surface area contributed by atoms with E-state index in [0.29, 0.717) is 6.04 Å². The van der Waals surface area contributed by atoms with E-state index < -0.39 is 0 Å². The third kappa shape index (κ3) is 5.59. The summed E-state index contributed by atoms with van der Waals surface area (Å²) in [5, 5.41) is 3.43. The smallest absolute Gasteiger partial charge is 0.0798 e. The number of rotatable bonds is 8. The van der Waals surface area contributed by atoms with Gasteiger partial charge in [-0.1, -0.05) is 0 Å². The maximum Gasteiger partial charge on any atom is 0.0798 e. The topological polar surface area (TPSA) is 37.4 Å². The Balaban J connectivity index is 2.17. The molecular formula is C12H23N3OS. The maximum atomic E-state index is 5.08. The van der Waals surface area contributed by atoms with Crippen molar-refractivity contribution in [2.75, 3.05) is 33.9 Å². The van der Waals surface area contributed by atoms with Gasteiger partial charge in [0.15, 0.2) is 0 Å². The van der Waals surface area contributed by atoms with Gasteiger partial charge in [-0.05, 0) is 20.9 Å². The first-order valence-corrected chi connectivity index (χ1v) is 6.81. The molecule has 0 aliphatic heterocycles. The average Bonchev–Trinajstić information content (AvgIpc) is 2.65. The summed E-state index contributed by atoms with van der Waals surface area (Å²) in [6, 6.07) is 0.415. The zero-order valence-corrected chi connectivity index (χ0v) is 12.0. The molecule has 0 aliphatic rings. The number of aryl methyl sites for hydroxylation is 1.